The molecule has 1 aliphatic rings. The maximum atomic E-state index is 4.52. The molecule has 1 heterocycles. The van der Waals surface area contributed by atoms with Gasteiger partial charge in [-0.05, 0) is 51.0 Å². The Balaban J connectivity index is 1.64. The van der Waals surface area contributed by atoms with Crippen LogP contribution in [0.15, 0.2) is 30.5 Å². The number of anilines is 4. The molecule has 6 nitrogen and oxygen atoms in total. The minimum Gasteiger partial charge on any atom is -0.372 e. The molecule has 24 heavy (non-hydrogen) atoms. The van der Waals surface area contributed by atoms with Crippen molar-refractivity contribution in [3.8, 4) is 0 Å². The summed E-state index contributed by atoms with van der Waals surface area (Å²) in [5.74, 6) is 1.31. The van der Waals surface area contributed by atoms with Gasteiger partial charge < -0.3 is 15.5 Å². The van der Waals surface area contributed by atoms with Crippen molar-refractivity contribution in [1.29, 1.82) is 0 Å². The molecule has 0 bridgehead atoms. The van der Waals surface area contributed by atoms with Crippen LogP contribution < -0.4 is 15.5 Å². The molecular formula is C18H26N6. The molecule has 1 aliphatic carbocycles. The third kappa shape index (κ3) is 4.13. The highest BCUT2D eigenvalue weighted by Gasteiger charge is 2.15. The molecule has 128 valence electrons. The highest BCUT2D eigenvalue weighted by Crippen LogP contribution is 2.22. The fourth-order valence-electron chi connectivity index (χ4n) is 3.17. The van der Waals surface area contributed by atoms with Gasteiger partial charge in [-0.2, -0.15) is 10.1 Å². The van der Waals surface area contributed by atoms with E-state index in [2.05, 4.69) is 68.8 Å². The predicted molar refractivity (Wildman–Crippen MR) is 99.0 cm³/mol. The molecule has 1 fully saturated rings. The number of nitrogens with one attached hydrogen (secondary N) is 2. The summed E-state index contributed by atoms with van der Waals surface area (Å²) in [5, 5.41) is 14.8. The van der Waals surface area contributed by atoms with Crippen LogP contribution in [0.4, 0.5) is 23.1 Å². The third-order valence-corrected chi connectivity index (χ3v) is 4.52. The first-order chi connectivity index (χ1) is 11.8. The van der Waals surface area contributed by atoms with Gasteiger partial charge in [0, 0.05) is 30.5 Å². The van der Waals surface area contributed by atoms with Gasteiger partial charge in [0.25, 0.3) is 0 Å². The van der Waals surface area contributed by atoms with Crippen molar-refractivity contribution in [3.63, 3.8) is 0 Å². The first-order valence-electron chi connectivity index (χ1n) is 8.86. The number of hydrogen-bond acceptors (Lipinski definition) is 6. The molecule has 3 rings (SSSR count). The Morgan fingerprint density at radius 2 is 1.79 bits per heavy atom. The molecule has 0 unspecified atom stereocenters. The lowest BCUT2D eigenvalue weighted by Gasteiger charge is -2.21. The summed E-state index contributed by atoms with van der Waals surface area (Å²) in [7, 11) is 0. The third-order valence-electron chi connectivity index (χ3n) is 4.52. The molecule has 0 amide bonds. The van der Waals surface area contributed by atoms with Gasteiger partial charge in [0.05, 0.1) is 6.20 Å². The number of aromatic nitrogens is 3. The van der Waals surface area contributed by atoms with Gasteiger partial charge in [-0.15, -0.1) is 5.10 Å². The molecule has 1 saturated carbocycles. The summed E-state index contributed by atoms with van der Waals surface area (Å²) >= 11 is 0. The van der Waals surface area contributed by atoms with Crippen molar-refractivity contribution in [2.75, 3.05) is 28.6 Å². The largest absolute Gasteiger partial charge is 0.372 e. The number of rotatable bonds is 7. The van der Waals surface area contributed by atoms with Crippen LogP contribution in [0.5, 0.6) is 0 Å². The molecule has 1 aromatic heterocycles. The summed E-state index contributed by atoms with van der Waals surface area (Å²) in [6.07, 6.45) is 6.59. The summed E-state index contributed by atoms with van der Waals surface area (Å²) in [4.78, 5) is 6.83. The molecule has 6 heteroatoms. The van der Waals surface area contributed by atoms with E-state index in [1.54, 1.807) is 6.20 Å². The van der Waals surface area contributed by atoms with E-state index in [4.69, 9.17) is 0 Å². The number of benzene rings is 1. The maximum absolute atomic E-state index is 4.52. The molecule has 0 aliphatic heterocycles. The van der Waals surface area contributed by atoms with Crippen LogP contribution in [0.3, 0.4) is 0 Å². The molecule has 1 aromatic carbocycles. The number of nitrogens with zero attached hydrogens (tertiary/aromatic N) is 4. The number of hydrogen-bond donors (Lipinski definition) is 2. The van der Waals surface area contributed by atoms with Crippen molar-refractivity contribution < 1.29 is 0 Å². The Morgan fingerprint density at radius 3 is 2.46 bits per heavy atom. The van der Waals surface area contributed by atoms with Crippen LogP contribution in [-0.4, -0.2) is 34.3 Å². The zero-order chi connectivity index (χ0) is 16.8. The first-order valence-corrected chi connectivity index (χ1v) is 8.86. The van der Waals surface area contributed by atoms with Crippen molar-refractivity contribution in [1.82, 2.24) is 15.2 Å². The van der Waals surface area contributed by atoms with Crippen LogP contribution in [0.25, 0.3) is 0 Å². The SMILES string of the molecule is CCN(CC)c1ccc(Nc2cnnc(NC3CCCC3)n2)cc1. The smallest absolute Gasteiger partial charge is 0.244 e. The van der Waals surface area contributed by atoms with E-state index in [1.165, 1.54) is 31.4 Å². The molecule has 0 radical (unpaired) electrons. The first kappa shape index (κ1) is 16.5. The Labute approximate surface area is 143 Å². The van der Waals surface area contributed by atoms with E-state index < -0.39 is 0 Å². The van der Waals surface area contributed by atoms with Crippen molar-refractivity contribution in [2.45, 2.75) is 45.6 Å². The average molecular weight is 326 g/mol. The van der Waals surface area contributed by atoms with Gasteiger partial charge in [0.1, 0.15) is 0 Å². The fraction of sp³-hybridized carbons (Fsp3) is 0.500. The Kier molecular flexibility index (Phi) is 5.46. The molecule has 2 aromatic rings. The second-order valence-electron chi connectivity index (χ2n) is 6.14. The zero-order valence-electron chi connectivity index (χ0n) is 14.5. The predicted octanol–water partition coefficient (Wildman–Crippen LogP) is 3.82. The quantitative estimate of drug-likeness (QED) is 0.806. The lowest BCUT2D eigenvalue weighted by Crippen LogP contribution is -2.21. The zero-order valence-corrected chi connectivity index (χ0v) is 14.5. The second-order valence-corrected chi connectivity index (χ2v) is 6.14. The van der Waals surface area contributed by atoms with Crippen LogP contribution in [0, 0.1) is 0 Å². The molecule has 0 saturated heterocycles. The van der Waals surface area contributed by atoms with Gasteiger partial charge in [-0.3, -0.25) is 0 Å². The second kappa shape index (κ2) is 7.95. The van der Waals surface area contributed by atoms with Gasteiger partial charge in [-0.1, -0.05) is 12.8 Å². The van der Waals surface area contributed by atoms with Crippen LogP contribution >= 0.6 is 0 Å². The summed E-state index contributed by atoms with van der Waals surface area (Å²) in [6.45, 7) is 6.35. The van der Waals surface area contributed by atoms with Crippen LogP contribution in [0.2, 0.25) is 0 Å². The molecule has 0 spiro atoms. The van der Waals surface area contributed by atoms with E-state index >= 15 is 0 Å². The fourth-order valence-corrected chi connectivity index (χ4v) is 3.17. The standard InChI is InChI=1S/C18H26N6/c1-3-24(4-2)16-11-9-15(10-12-16)20-17-13-19-23-18(22-17)21-14-7-5-6-8-14/h9-14H,3-8H2,1-2H3,(H2,20,21,22,23). The van der Waals surface area contributed by atoms with Crippen molar-refractivity contribution in [3.05, 3.63) is 30.5 Å². The van der Waals surface area contributed by atoms with Gasteiger partial charge in [-0.25, -0.2) is 0 Å². The normalized spacial score (nSPS) is 14.6. The maximum Gasteiger partial charge on any atom is 0.244 e. The Morgan fingerprint density at radius 1 is 1.08 bits per heavy atom. The van der Waals surface area contributed by atoms with E-state index in [0.29, 0.717) is 17.8 Å². The monoisotopic (exact) mass is 326 g/mol. The lowest BCUT2D eigenvalue weighted by atomic mass is 10.2. The Hall–Kier alpha value is -2.37. The van der Waals surface area contributed by atoms with E-state index in [-0.39, 0.29) is 0 Å². The lowest BCUT2D eigenvalue weighted by molar-refractivity contribution is 0.738. The van der Waals surface area contributed by atoms with Crippen molar-refractivity contribution >= 4 is 23.1 Å². The Bertz CT molecular complexity index is 632. The summed E-state index contributed by atoms with van der Waals surface area (Å²) in [6, 6.07) is 8.87. The van der Waals surface area contributed by atoms with E-state index in [0.717, 1.165) is 18.8 Å². The highest BCUT2D eigenvalue weighted by molar-refractivity contribution is 5.60. The van der Waals surface area contributed by atoms with Crippen molar-refractivity contribution in [2.24, 2.45) is 0 Å². The van der Waals surface area contributed by atoms with Crippen LogP contribution in [0.1, 0.15) is 39.5 Å². The van der Waals surface area contributed by atoms with E-state index in [9.17, 15) is 0 Å². The van der Waals surface area contributed by atoms with Crippen LogP contribution in [-0.2, 0) is 0 Å². The molecule has 2 N–H and O–H groups in total. The summed E-state index contributed by atoms with van der Waals surface area (Å²) in [5.41, 5.74) is 2.23. The summed E-state index contributed by atoms with van der Waals surface area (Å²) < 4.78 is 0. The van der Waals surface area contributed by atoms with Gasteiger partial charge in [0.2, 0.25) is 5.95 Å². The highest BCUT2D eigenvalue weighted by atomic mass is 15.3. The average Bonchev–Trinajstić information content (AvgIpc) is 3.11. The minimum absolute atomic E-state index is 0.482. The van der Waals surface area contributed by atoms with E-state index in [1.807, 2.05) is 0 Å². The molecular weight excluding hydrogens is 300 g/mol. The minimum atomic E-state index is 0.482. The van der Waals surface area contributed by atoms with Gasteiger partial charge >= 0.3 is 0 Å². The van der Waals surface area contributed by atoms with Gasteiger partial charge in [0.15, 0.2) is 5.82 Å². The molecule has 0 atom stereocenters. The topological polar surface area (TPSA) is 66.0 Å².